The van der Waals surface area contributed by atoms with E-state index >= 15 is 0 Å². The van der Waals surface area contributed by atoms with Gasteiger partial charge >= 0.3 is 0 Å². The van der Waals surface area contributed by atoms with Crippen molar-refractivity contribution >= 4 is 65.8 Å². The van der Waals surface area contributed by atoms with Crippen molar-refractivity contribution in [2.24, 2.45) is 0 Å². The number of fused-ring (bicyclic) bond motifs is 4. The van der Waals surface area contributed by atoms with Crippen LogP contribution in [0.5, 0.6) is 0 Å². The highest BCUT2D eigenvalue weighted by Gasteiger charge is 2.19. The minimum Gasteiger partial charge on any atom is -0.399 e. The Morgan fingerprint density at radius 1 is 0.344 bits per heavy atom. The number of hydrogen-bond acceptors (Lipinski definition) is 4. The quantitative estimate of drug-likeness (QED) is 0.0923. The second-order valence-corrected chi connectivity index (χ2v) is 15.3. The van der Waals surface area contributed by atoms with Gasteiger partial charge in [0.2, 0.25) is 0 Å². The number of anilines is 1. The summed E-state index contributed by atoms with van der Waals surface area (Å²) in [5.41, 5.74) is 18.8. The maximum atomic E-state index is 8.12. The minimum atomic E-state index is 0.240. The standard InChI is InChI=1S/C32H22N2.C25H18N2/c33-29-18-16-24(20-30(29)34)23-15-17-27-28(19-23)32(22-11-5-2-6-12-22)26-14-8-7-13-25(26)31(27)21-9-3-1-4-10-21;26-19-13-11-17(12-14-19)24-20-7-1-3-9-22(20)25(18-6-5-15-27-16-18)23-10-4-2-8-21(23)24/h1-20,33-34H;1-16H,26H2. The lowest BCUT2D eigenvalue weighted by molar-refractivity contribution is 1.33. The van der Waals surface area contributed by atoms with Crippen molar-refractivity contribution in [3.05, 3.63) is 224 Å². The highest BCUT2D eigenvalue weighted by atomic mass is 14.6. The Balaban J connectivity index is 0.000000150. The lowest BCUT2D eigenvalue weighted by atomic mass is 9.84. The van der Waals surface area contributed by atoms with Gasteiger partial charge < -0.3 is 5.73 Å². The van der Waals surface area contributed by atoms with Crippen molar-refractivity contribution in [1.82, 2.24) is 4.98 Å². The summed E-state index contributed by atoms with van der Waals surface area (Å²) < 4.78 is 0. The lowest BCUT2D eigenvalue weighted by Gasteiger charge is -2.19. The fraction of sp³-hybridized carbons (Fsp3) is 0. The van der Waals surface area contributed by atoms with Crippen LogP contribution in [0, 0.1) is 10.8 Å². The molecule has 0 atom stereocenters. The summed E-state index contributed by atoms with van der Waals surface area (Å²) in [6, 6.07) is 65.9. The zero-order chi connectivity index (χ0) is 41.3. The third kappa shape index (κ3) is 6.86. The first-order chi connectivity index (χ1) is 30.0. The first kappa shape index (κ1) is 37.1. The van der Waals surface area contributed by atoms with Gasteiger partial charge in [-0.15, -0.1) is 0 Å². The monoisotopic (exact) mass is 780 g/mol. The van der Waals surface area contributed by atoms with E-state index in [1.165, 1.54) is 82.0 Å². The number of allylic oxidation sites excluding steroid dienone is 4. The van der Waals surface area contributed by atoms with Crippen molar-refractivity contribution < 1.29 is 0 Å². The number of rotatable bonds is 5. The molecule has 0 radical (unpaired) electrons. The van der Waals surface area contributed by atoms with Gasteiger partial charge in [0.25, 0.3) is 0 Å². The number of nitrogens with one attached hydrogen (secondary N) is 2. The third-order valence-electron chi connectivity index (χ3n) is 11.6. The summed E-state index contributed by atoms with van der Waals surface area (Å²) in [5, 5.41) is 25.8. The Morgan fingerprint density at radius 2 is 0.754 bits per heavy atom. The molecule has 11 rings (SSSR count). The molecule has 1 aliphatic rings. The fourth-order valence-corrected chi connectivity index (χ4v) is 8.82. The molecule has 0 bridgehead atoms. The molecule has 4 heteroatoms. The molecule has 9 aromatic carbocycles. The normalized spacial score (nSPS) is 12.4. The van der Waals surface area contributed by atoms with Gasteiger partial charge in [-0.05, 0) is 130 Å². The number of nitrogens with zero attached hydrogens (tertiary/aromatic N) is 1. The van der Waals surface area contributed by atoms with Crippen molar-refractivity contribution in [3.63, 3.8) is 0 Å². The number of nitrogen functional groups attached to an aromatic ring is 1. The third-order valence-corrected chi connectivity index (χ3v) is 11.6. The molecule has 61 heavy (non-hydrogen) atoms. The summed E-state index contributed by atoms with van der Waals surface area (Å²) in [6.07, 6.45) is 9.18. The Hall–Kier alpha value is -8.21. The van der Waals surface area contributed by atoms with Gasteiger partial charge in [-0.2, -0.15) is 0 Å². The van der Waals surface area contributed by atoms with Crippen LogP contribution in [0.4, 0.5) is 5.69 Å². The molecule has 4 N–H and O–H groups in total. The molecule has 1 aromatic heterocycles. The van der Waals surface area contributed by atoms with E-state index in [0.29, 0.717) is 0 Å². The van der Waals surface area contributed by atoms with E-state index in [9.17, 15) is 0 Å². The molecule has 0 amide bonds. The largest absolute Gasteiger partial charge is 0.399 e. The topological polar surface area (TPSA) is 86.6 Å². The average Bonchev–Trinajstić information content (AvgIpc) is 3.32. The van der Waals surface area contributed by atoms with E-state index in [1.54, 1.807) is 12.2 Å². The SMILES string of the molecule is N=C1C=CC(c2ccc3c(-c4ccccc4)c4ccccc4c(-c4ccccc4)c3c2)=CC1=N.Nc1ccc(-c2c3ccccc3c(-c3cccnc3)c3ccccc23)cc1. The van der Waals surface area contributed by atoms with Gasteiger partial charge in [0.05, 0.1) is 11.4 Å². The molecule has 0 fully saturated rings. The van der Waals surface area contributed by atoms with Gasteiger partial charge in [0.1, 0.15) is 0 Å². The van der Waals surface area contributed by atoms with Crippen LogP contribution < -0.4 is 5.73 Å². The summed E-state index contributed by atoms with van der Waals surface area (Å²) in [6.45, 7) is 0. The van der Waals surface area contributed by atoms with Gasteiger partial charge in [-0.1, -0.05) is 170 Å². The molecule has 4 nitrogen and oxygen atoms in total. The van der Waals surface area contributed by atoms with Crippen molar-refractivity contribution in [3.8, 4) is 44.5 Å². The van der Waals surface area contributed by atoms with E-state index in [0.717, 1.165) is 22.4 Å². The molecule has 0 unspecified atom stereocenters. The maximum absolute atomic E-state index is 8.12. The molecule has 288 valence electrons. The van der Waals surface area contributed by atoms with Gasteiger partial charge in [-0.25, -0.2) is 0 Å². The molecular weight excluding hydrogens is 741 g/mol. The highest BCUT2D eigenvalue weighted by Crippen LogP contribution is 2.45. The zero-order valence-corrected chi connectivity index (χ0v) is 33.3. The van der Waals surface area contributed by atoms with Crippen LogP contribution in [0.2, 0.25) is 0 Å². The minimum absolute atomic E-state index is 0.240. The average molecular weight is 781 g/mol. The van der Waals surface area contributed by atoms with Crippen molar-refractivity contribution in [2.75, 3.05) is 5.73 Å². The molecule has 0 saturated carbocycles. The van der Waals surface area contributed by atoms with Crippen LogP contribution in [-0.2, 0) is 0 Å². The summed E-state index contributed by atoms with van der Waals surface area (Å²) >= 11 is 0. The van der Waals surface area contributed by atoms with Crippen LogP contribution >= 0.6 is 0 Å². The van der Waals surface area contributed by atoms with E-state index in [4.69, 9.17) is 16.6 Å². The summed E-state index contributed by atoms with van der Waals surface area (Å²) in [5.74, 6) is 0. The van der Waals surface area contributed by atoms with Crippen LogP contribution in [0.25, 0.3) is 93.2 Å². The summed E-state index contributed by atoms with van der Waals surface area (Å²) in [7, 11) is 0. The zero-order valence-electron chi connectivity index (χ0n) is 33.3. The Morgan fingerprint density at radius 3 is 1.23 bits per heavy atom. The van der Waals surface area contributed by atoms with Gasteiger partial charge in [-0.3, -0.25) is 15.8 Å². The molecule has 0 spiro atoms. The molecule has 0 aliphatic heterocycles. The van der Waals surface area contributed by atoms with E-state index in [1.807, 2.05) is 36.7 Å². The number of hydrogen-bond donors (Lipinski definition) is 3. The van der Waals surface area contributed by atoms with Gasteiger partial charge in [0.15, 0.2) is 0 Å². The van der Waals surface area contributed by atoms with Crippen molar-refractivity contribution in [1.29, 1.82) is 10.8 Å². The number of nitrogens with two attached hydrogens (primary N) is 1. The number of pyridine rings is 1. The predicted molar refractivity (Wildman–Crippen MR) is 259 cm³/mol. The summed E-state index contributed by atoms with van der Waals surface area (Å²) in [4.78, 5) is 4.35. The van der Waals surface area contributed by atoms with E-state index < -0.39 is 0 Å². The highest BCUT2D eigenvalue weighted by molar-refractivity contribution is 6.50. The van der Waals surface area contributed by atoms with Gasteiger partial charge in [0, 0.05) is 23.6 Å². The van der Waals surface area contributed by atoms with Crippen molar-refractivity contribution in [2.45, 2.75) is 0 Å². The predicted octanol–water partition coefficient (Wildman–Crippen LogP) is 14.6. The number of benzene rings is 9. The van der Waals surface area contributed by atoms with Crippen LogP contribution in [0.1, 0.15) is 5.56 Å². The lowest BCUT2D eigenvalue weighted by Crippen LogP contribution is -2.09. The molecule has 1 aliphatic carbocycles. The van der Waals surface area contributed by atoms with E-state index in [-0.39, 0.29) is 11.4 Å². The maximum Gasteiger partial charge on any atom is 0.0795 e. The molecular formula is C57H40N4. The Kier molecular flexibility index (Phi) is 9.64. The second-order valence-electron chi connectivity index (χ2n) is 15.3. The van der Waals surface area contributed by atoms with Crippen LogP contribution in [0.3, 0.4) is 0 Å². The fourth-order valence-electron chi connectivity index (χ4n) is 8.82. The van der Waals surface area contributed by atoms with Crippen LogP contribution in [-0.4, -0.2) is 16.4 Å². The molecule has 1 heterocycles. The van der Waals surface area contributed by atoms with Crippen LogP contribution in [0.15, 0.2) is 219 Å². The Bertz CT molecular complexity index is 3310. The molecule has 0 saturated heterocycles. The molecule has 10 aromatic rings. The first-order valence-corrected chi connectivity index (χ1v) is 20.4. The first-order valence-electron chi connectivity index (χ1n) is 20.4. The van der Waals surface area contributed by atoms with E-state index in [2.05, 4.69) is 175 Å². The number of aromatic nitrogens is 1. The smallest absolute Gasteiger partial charge is 0.0795 e. The second kappa shape index (κ2) is 15.9. The Labute approximate surface area is 354 Å².